The van der Waals surface area contributed by atoms with E-state index in [0.29, 0.717) is 26.8 Å². The third-order valence-electron chi connectivity index (χ3n) is 4.21. The van der Waals surface area contributed by atoms with Gasteiger partial charge in [-0.05, 0) is 49.4 Å². The van der Waals surface area contributed by atoms with E-state index in [1.807, 2.05) is 6.92 Å². The third kappa shape index (κ3) is 4.24. The molecule has 0 radical (unpaired) electrons. The molecule has 8 nitrogen and oxygen atoms in total. The van der Waals surface area contributed by atoms with Gasteiger partial charge >= 0.3 is 0 Å². The van der Waals surface area contributed by atoms with Crippen molar-refractivity contribution in [2.45, 2.75) is 11.8 Å². The largest absolute Gasteiger partial charge is 0.431 e. The van der Waals surface area contributed by atoms with Gasteiger partial charge in [0.1, 0.15) is 5.75 Å². The quantitative estimate of drug-likeness (QED) is 0.329. The summed E-state index contributed by atoms with van der Waals surface area (Å²) in [6.45, 7) is 1.88. The summed E-state index contributed by atoms with van der Waals surface area (Å²) in [4.78, 5) is 14.9. The van der Waals surface area contributed by atoms with E-state index >= 15 is 0 Å². The molecule has 4 rings (SSSR count). The highest BCUT2D eigenvalue weighted by atomic mass is 32.2. The van der Waals surface area contributed by atoms with Crippen molar-refractivity contribution in [3.8, 4) is 10.9 Å². The SMILES string of the molecule is Cc1ccc(S(=O)(=O)Nc2ccc(Oc3nc4ccc([N+](=O)[O-])cc4s3)cc2)cc1. The maximum atomic E-state index is 12.5. The standard InChI is InChI=1S/C20H15N3O5S2/c1-13-2-9-17(10-3-13)30(26,27)22-14-4-7-16(8-5-14)28-20-21-18-11-6-15(23(24)25)12-19(18)29-20/h2-12,22H,1H3. The lowest BCUT2D eigenvalue weighted by Gasteiger charge is -2.09. The normalized spacial score (nSPS) is 11.4. The number of nitrogens with one attached hydrogen (secondary N) is 1. The Bertz CT molecular complexity index is 1330. The van der Waals surface area contributed by atoms with Crippen LogP contribution in [0.4, 0.5) is 11.4 Å². The van der Waals surface area contributed by atoms with Crippen LogP contribution in [0.3, 0.4) is 0 Å². The Morgan fingerprint density at radius 3 is 2.40 bits per heavy atom. The molecule has 0 amide bonds. The molecule has 1 heterocycles. The number of aromatic nitrogens is 1. The fraction of sp³-hybridized carbons (Fsp3) is 0.0500. The molecule has 152 valence electrons. The number of fused-ring (bicyclic) bond motifs is 1. The third-order valence-corrected chi connectivity index (χ3v) is 6.50. The molecule has 0 saturated carbocycles. The van der Waals surface area contributed by atoms with Gasteiger partial charge in [0, 0.05) is 17.8 Å². The summed E-state index contributed by atoms with van der Waals surface area (Å²) < 4.78 is 33.8. The van der Waals surface area contributed by atoms with Crippen LogP contribution in [0.5, 0.6) is 10.9 Å². The summed E-state index contributed by atoms with van der Waals surface area (Å²) in [5, 5.41) is 11.2. The molecule has 30 heavy (non-hydrogen) atoms. The Balaban J connectivity index is 1.49. The maximum Gasteiger partial charge on any atom is 0.279 e. The number of sulfonamides is 1. The van der Waals surface area contributed by atoms with Crippen LogP contribution in [0.25, 0.3) is 10.2 Å². The number of hydrogen-bond acceptors (Lipinski definition) is 7. The van der Waals surface area contributed by atoms with E-state index in [-0.39, 0.29) is 10.6 Å². The highest BCUT2D eigenvalue weighted by molar-refractivity contribution is 7.92. The van der Waals surface area contributed by atoms with Crippen molar-refractivity contribution in [3.63, 3.8) is 0 Å². The predicted octanol–water partition coefficient (Wildman–Crippen LogP) is 5.11. The zero-order valence-corrected chi connectivity index (χ0v) is 17.2. The Morgan fingerprint density at radius 2 is 1.73 bits per heavy atom. The van der Waals surface area contributed by atoms with Gasteiger partial charge in [-0.25, -0.2) is 13.4 Å². The van der Waals surface area contributed by atoms with E-state index in [0.717, 1.165) is 5.56 Å². The number of nitro groups is 1. The van der Waals surface area contributed by atoms with Gasteiger partial charge in [0.15, 0.2) is 0 Å². The van der Waals surface area contributed by atoms with Crippen LogP contribution in [-0.4, -0.2) is 18.3 Å². The van der Waals surface area contributed by atoms with Crippen molar-refractivity contribution < 1.29 is 18.1 Å². The van der Waals surface area contributed by atoms with Crippen molar-refractivity contribution in [1.82, 2.24) is 4.98 Å². The molecule has 1 aromatic heterocycles. The summed E-state index contributed by atoms with van der Waals surface area (Å²) >= 11 is 1.19. The Hall–Kier alpha value is -3.50. The van der Waals surface area contributed by atoms with Gasteiger partial charge in [-0.1, -0.05) is 29.0 Å². The van der Waals surface area contributed by atoms with Gasteiger partial charge < -0.3 is 4.74 Å². The average molecular weight is 441 g/mol. The predicted molar refractivity (Wildman–Crippen MR) is 115 cm³/mol. The van der Waals surface area contributed by atoms with Crippen molar-refractivity contribution in [2.75, 3.05) is 4.72 Å². The molecular formula is C20H15N3O5S2. The zero-order valence-electron chi connectivity index (χ0n) is 15.6. The maximum absolute atomic E-state index is 12.5. The first-order valence-corrected chi connectivity index (χ1v) is 11.0. The van der Waals surface area contributed by atoms with Gasteiger partial charge in [0.25, 0.3) is 20.9 Å². The zero-order chi connectivity index (χ0) is 21.3. The highest BCUT2D eigenvalue weighted by Crippen LogP contribution is 2.33. The minimum absolute atomic E-state index is 0.0112. The topological polar surface area (TPSA) is 111 Å². The molecule has 0 atom stereocenters. The second-order valence-corrected chi connectivity index (χ2v) is 9.11. The number of non-ortho nitro benzene ring substituents is 1. The van der Waals surface area contributed by atoms with Crippen molar-refractivity contribution in [3.05, 3.63) is 82.4 Å². The van der Waals surface area contributed by atoms with Crippen molar-refractivity contribution >= 4 is 43.0 Å². The number of nitrogens with zero attached hydrogens (tertiary/aromatic N) is 2. The lowest BCUT2D eigenvalue weighted by Crippen LogP contribution is -2.12. The summed E-state index contributed by atoms with van der Waals surface area (Å²) in [7, 11) is -3.69. The second-order valence-electron chi connectivity index (χ2n) is 6.43. The van der Waals surface area contributed by atoms with Crippen LogP contribution < -0.4 is 9.46 Å². The van der Waals surface area contributed by atoms with E-state index in [1.54, 1.807) is 54.6 Å². The summed E-state index contributed by atoms with van der Waals surface area (Å²) in [5.74, 6) is 0.460. The fourth-order valence-electron chi connectivity index (χ4n) is 2.67. The van der Waals surface area contributed by atoms with E-state index in [4.69, 9.17) is 4.74 Å². The second kappa shape index (κ2) is 7.73. The number of benzene rings is 3. The molecule has 4 aromatic rings. The summed E-state index contributed by atoms with van der Waals surface area (Å²) in [6, 6.07) is 17.4. The van der Waals surface area contributed by atoms with Gasteiger partial charge in [-0.15, -0.1) is 0 Å². The summed E-state index contributed by atoms with van der Waals surface area (Å²) in [6.07, 6.45) is 0. The van der Waals surface area contributed by atoms with Crippen LogP contribution in [0.2, 0.25) is 0 Å². The number of anilines is 1. The van der Waals surface area contributed by atoms with Gasteiger partial charge in [0.05, 0.1) is 20.0 Å². The first-order valence-electron chi connectivity index (χ1n) is 8.72. The number of rotatable bonds is 6. The number of thiazole rings is 1. The molecular weight excluding hydrogens is 426 g/mol. The van der Waals surface area contributed by atoms with Crippen LogP contribution in [0, 0.1) is 17.0 Å². The van der Waals surface area contributed by atoms with E-state index in [9.17, 15) is 18.5 Å². The molecule has 0 unspecified atom stereocenters. The number of aryl methyl sites for hydroxylation is 1. The fourth-order valence-corrected chi connectivity index (χ4v) is 4.60. The van der Waals surface area contributed by atoms with Crippen LogP contribution in [0.15, 0.2) is 71.6 Å². The Labute approximate surface area is 176 Å². The van der Waals surface area contributed by atoms with Crippen LogP contribution in [-0.2, 0) is 10.0 Å². The minimum Gasteiger partial charge on any atom is -0.431 e. The molecule has 1 N–H and O–H groups in total. The molecule has 0 aliphatic heterocycles. The Kier molecular flexibility index (Phi) is 5.10. The minimum atomic E-state index is -3.69. The molecule has 0 spiro atoms. The number of nitro benzene ring substituents is 1. The average Bonchev–Trinajstić information content (AvgIpc) is 3.11. The number of hydrogen-bond donors (Lipinski definition) is 1. The first kappa shape index (κ1) is 19.8. The highest BCUT2D eigenvalue weighted by Gasteiger charge is 2.14. The monoisotopic (exact) mass is 441 g/mol. The first-order chi connectivity index (χ1) is 14.3. The van der Waals surface area contributed by atoms with E-state index in [2.05, 4.69) is 9.71 Å². The molecule has 0 bridgehead atoms. The lowest BCUT2D eigenvalue weighted by atomic mass is 10.2. The van der Waals surface area contributed by atoms with Gasteiger partial charge in [-0.2, -0.15) is 0 Å². The molecule has 0 saturated heterocycles. The number of ether oxygens (including phenoxy) is 1. The van der Waals surface area contributed by atoms with Crippen molar-refractivity contribution in [1.29, 1.82) is 0 Å². The molecule has 0 aliphatic carbocycles. The lowest BCUT2D eigenvalue weighted by molar-refractivity contribution is -0.384. The van der Waals surface area contributed by atoms with Gasteiger partial charge in [0.2, 0.25) is 0 Å². The molecule has 3 aromatic carbocycles. The molecule has 0 fully saturated rings. The summed E-state index contributed by atoms with van der Waals surface area (Å²) in [5.41, 5.74) is 1.95. The van der Waals surface area contributed by atoms with Crippen molar-refractivity contribution in [2.24, 2.45) is 0 Å². The molecule has 0 aliphatic rings. The van der Waals surface area contributed by atoms with E-state index in [1.165, 1.54) is 23.5 Å². The smallest absolute Gasteiger partial charge is 0.279 e. The van der Waals surface area contributed by atoms with Crippen LogP contribution in [0.1, 0.15) is 5.56 Å². The van der Waals surface area contributed by atoms with Gasteiger partial charge in [-0.3, -0.25) is 14.8 Å². The Morgan fingerprint density at radius 1 is 1.03 bits per heavy atom. The molecule has 10 heteroatoms. The van der Waals surface area contributed by atoms with E-state index < -0.39 is 14.9 Å². The van der Waals surface area contributed by atoms with Crippen LogP contribution >= 0.6 is 11.3 Å².